The van der Waals surface area contributed by atoms with E-state index in [0.29, 0.717) is 39.1 Å². The summed E-state index contributed by atoms with van der Waals surface area (Å²) in [5.74, 6) is 2.92. The van der Waals surface area contributed by atoms with E-state index in [1.165, 1.54) is 49.8 Å². The van der Waals surface area contributed by atoms with Crippen molar-refractivity contribution in [1.82, 2.24) is 9.88 Å². The first-order chi connectivity index (χ1) is 19.0. The molecule has 1 saturated heterocycles. The molecule has 0 spiro atoms. The third kappa shape index (κ3) is 5.09. The number of benzene rings is 2. The Kier molecular flexibility index (Phi) is 6.85. The van der Waals surface area contributed by atoms with Crippen molar-refractivity contribution in [3.8, 4) is 11.3 Å². The van der Waals surface area contributed by atoms with Gasteiger partial charge in [-0.2, -0.15) is 0 Å². The maximum atomic E-state index is 12.6. The van der Waals surface area contributed by atoms with Gasteiger partial charge in [0.05, 0.1) is 10.0 Å². The van der Waals surface area contributed by atoms with Crippen LogP contribution in [0.5, 0.6) is 0 Å². The third-order valence-corrected chi connectivity index (χ3v) is 10.8. The summed E-state index contributed by atoms with van der Waals surface area (Å²) in [6.45, 7) is 3.14. The zero-order valence-corrected chi connectivity index (χ0v) is 24.4. The lowest BCUT2D eigenvalue weighted by Crippen LogP contribution is -2.35. The highest BCUT2D eigenvalue weighted by molar-refractivity contribution is 7.98. The summed E-state index contributed by atoms with van der Waals surface area (Å²) in [6.07, 6.45) is 9.27. The van der Waals surface area contributed by atoms with Gasteiger partial charge in [-0.15, -0.1) is 0 Å². The standard InChI is InChI=1S/C31H33Cl2N3O2S/c1-17-13-21(8-12-24(17)31(37)35-39-23-9-10-23)36-16-20-15-22(36)14-19(20)7-11-25-29(34-38-30(25)18-5-6-18)28-26(32)3-2-4-27(28)33/h2-4,8,12-13,18-20,22-23H,5-7,9-11,14-16H2,1H3,(H,35,37)/t19-,20+,22-/m1/s1. The number of nitrogens with one attached hydrogen (secondary N) is 1. The SMILES string of the molecule is Cc1cc(N2C[C@@H]3C[C@H]2C[C@H]3CCc2c(-c3c(Cl)cccc3Cl)noc2C2CC2)ccc1C(=O)NSC1CC1. The lowest BCUT2D eigenvalue weighted by atomic mass is 9.87. The molecule has 1 N–H and O–H groups in total. The number of hydrogen-bond acceptors (Lipinski definition) is 5. The number of carbonyl (C=O) groups excluding carboxylic acids is 1. The molecule has 1 aliphatic heterocycles. The van der Waals surface area contributed by atoms with Gasteiger partial charge in [0.1, 0.15) is 11.5 Å². The van der Waals surface area contributed by atoms with Crippen molar-refractivity contribution >= 4 is 46.7 Å². The summed E-state index contributed by atoms with van der Waals surface area (Å²) in [6, 6.07) is 12.5. The second kappa shape index (κ2) is 10.4. The summed E-state index contributed by atoms with van der Waals surface area (Å²) in [7, 11) is 0. The number of halogens is 2. The number of aromatic nitrogens is 1. The smallest absolute Gasteiger partial charge is 0.261 e. The van der Waals surface area contributed by atoms with E-state index in [-0.39, 0.29) is 5.91 Å². The zero-order valence-electron chi connectivity index (χ0n) is 22.1. The first-order valence-corrected chi connectivity index (χ1v) is 15.9. The van der Waals surface area contributed by atoms with E-state index in [9.17, 15) is 4.79 Å². The maximum absolute atomic E-state index is 12.6. The van der Waals surface area contributed by atoms with E-state index in [0.717, 1.165) is 47.5 Å². The molecular weight excluding hydrogens is 549 g/mol. The topological polar surface area (TPSA) is 58.4 Å². The highest BCUT2D eigenvalue weighted by Gasteiger charge is 2.45. The number of nitrogens with zero attached hydrogens (tertiary/aromatic N) is 2. The molecule has 7 rings (SSSR count). The Hall–Kier alpha value is -2.15. The fraction of sp³-hybridized carbons (Fsp3) is 0.484. The van der Waals surface area contributed by atoms with Crippen LogP contribution in [0.1, 0.15) is 78.1 Å². The minimum absolute atomic E-state index is 0.0238. The monoisotopic (exact) mass is 581 g/mol. The Morgan fingerprint density at radius 1 is 1.13 bits per heavy atom. The number of piperidine rings is 1. The minimum atomic E-state index is 0.0238. The quantitative estimate of drug-likeness (QED) is 0.258. The Bertz CT molecular complexity index is 1400. The van der Waals surface area contributed by atoms with Crippen LogP contribution < -0.4 is 9.62 Å². The van der Waals surface area contributed by atoms with Gasteiger partial charge in [0, 0.05) is 46.1 Å². The highest BCUT2D eigenvalue weighted by atomic mass is 35.5. The van der Waals surface area contributed by atoms with Gasteiger partial charge in [0.15, 0.2) is 0 Å². The van der Waals surface area contributed by atoms with Crippen LogP contribution in [0, 0.1) is 18.8 Å². The van der Waals surface area contributed by atoms with Crippen LogP contribution in [0.2, 0.25) is 10.0 Å². The summed E-state index contributed by atoms with van der Waals surface area (Å²) in [5, 5.41) is 6.33. The average Bonchev–Trinajstić information content (AvgIpc) is 3.83. The number of hydrogen-bond donors (Lipinski definition) is 1. The number of amides is 1. The summed E-state index contributed by atoms with van der Waals surface area (Å²) in [4.78, 5) is 15.2. The first-order valence-electron chi connectivity index (χ1n) is 14.2. The molecule has 39 heavy (non-hydrogen) atoms. The number of fused-ring (bicyclic) bond motifs is 2. The second-order valence-electron chi connectivity index (χ2n) is 11.8. The summed E-state index contributed by atoms with van der Waals surface area (Å²) >= 11 is 14.7. The van der Waals surface area contributed by atoms with E-state index in [4.69, 9.17) is 27.7 Å². The molecule has 1 amide bonds. The Balaban J connectivity index is 1.02. The predicted octanol–water partition coefficient (Wildman–Crippen LogP) is 8.22. The van der Waals surface area contributed by atoms with E-state index < -0.39 is 0 Å². The van der Waals surface area contributed by atoms with Crippen molar-refractivity contribution in [3.05, 3.63) is 68.9 Å². The molecule has 5 nitrogen and oxygen atoms in total. The molecule has 1 aromatic heterocycles. The van der Waals surface area contributed by atoms with Crippen molar-refractivity contribution in [2.45, 2.75) is 75.5 Å². The minimum Gasteiger partial charge on any atom is -0.368 e. The molecule has 2 heterocycles. The van der Waals surface area contributed by atoms with Crippen molar-refractivity contribution in [2.24, 2.45) is 11.8 Å². The summed E-state index contributed by atoms with van der Waals surface area (Å²) < 4.78 is 8.92. The van der Waals surface area contributed by atoms with Gasteiger partial charge in [-0.25, -0.2) is 0 Å². The van der Waals surface area contributed by atoms with Crippen molar-refractivity contribution in [3.63, 3.8) is 0 Å². The molecule has 3 aromatic rings. The van der Waals surface area contributed by atoms with Crippen molar-refractivity contribution in [2.75, 3.05) is 11.4 Å². The molecule has 2 aromatic carbocycles. The maximum Gasteiger partial charge on any atom is 0.261 e. The molecule has 8 heteroatoms. The molecule has 0 unspecified atom stereocenters. The van der Waals surface area contributed by atoms with Crippen molar-refractivity contribution in [1.29, 1.82) is 0 Å². The number of anilines is 1. The molecule has 3 atom stereocenters. The summed E-state index contributed by atoms with van der Waals surface area (Å²) in [5.41, 5.74) is 5.90. The number of rotatable bonds is 9. The van der Waals surface area contributed by atoms with Gasteiger partial charge >= 0.3 is 0 Å². The molecule has 2 bridgehead atoms. The van der Waals surface area contributed by atoms with Crippen LogP contribution in [0.25, 0.3) is 11.3 Å². The molecule has 3 aliphatic carbocycles. The molecule has 0 radical (unpaired) electrons. The highest BCUT2D eigenvalue weighted by Crippen LogP contribution is 2.49. The van der Waals surface area contributed by atoms with Crippen LogP contribution in [0.15, 0.2) is 40.9 Å². The molecular formula is C31H33Cl2N3O2S. The number of carbonyl (C=O) groups is 1. The lowest BCUT2D eigenvalue weighted by molar-refractivity contribution is 0.0984. The molecule has 204 valence electrons. The first kappa shape index (κ1) is 25.8. The van der Waals surface area contributed by atoms with Crippen LogP contribution >= 0.6 is 35.1 Å². The molecule has 4 aliphatic rings. The van der Waals surface area contributed by atoms with Gasteiger partial charge in [-0.3, -0.25) is 9.52 Å². The van der Waals surface area contributed by atoms with Crippen LogP contribution in [-0.4, -0.2) is 28.9 Å². The normalized spacial score (nSPS) is 24.0. The van der Waals surface area contributed by atoms with Crippen LogP contribution in [-0.2, 0) is 6.42 Å². The lowest BCUT2D eigenvalue weighted by Gasteiger charge is -2.33. The molecule has 3 saturated carbocycles. The largest absolute Gasteiger partial charge is 0.368 e. The van der Waals surface area contributed by atoms with Crippen LogP contribution in [0.4, 0.5) is 5.69 Å². The van der Waals surface area contributed by atoms with Gasteiger partial charge in [0.25, 0.3) is 5.91 Å². The van der Waals surface area contributed by atoms with E-state index in [1.54, 1.807) is 11.9 Å². The van der Waals surface area contributed by atoms with Crippen molar-refractivity contribution < 1.29 is 9.32 Å². The van der Waals surface area contributed by atoms with Gasteiger partial charge < -0.3 is 9.42 Å². The fourth-order valence-electron chi connectivity index (χ4n) is 6.67. The third-order valence-electron chi connectivity index (χ3n) is 9.05. The predicted molar refractivity (Wildman–Crippen MR) is 159 cm³/mol. The average molecular weight is 583 g/mol. The Labute approximate surface area is 244 Å². The Morgan fingerprint density at radius 2 is 1.92 bits per heavy atom. The Morgan fingerprint density at radius 3 is 2.59 bits per heavy atom. The van der Waals surface area contributed by atoms with E-state index in [2.05, 4.69) is 33.8 Å². The van der Waals surface area contributed by atoms with Gasteiger partial charge in [-0.1, -0.05) is 34.4 Å². The van der Waals surface area contributed by atoms with E-state index >= 15 is 0 Å². The van der Waals surface area contributed by atoms with Gasteiger partial charge in [-0.05, 0) is 118 Å². The number of aryl methyl sites for hydroxylation is 1. The van der Waals surface area contributed by atoms with Crippen LogP contribution in [0.3, 0.4) is 0 Å². The zero-order chi connectivity index (χ0) is 26.7. The van der Waals surface area contributed by atoms with E-state index in [1.807, 2.05) is 24.3 Å². The molecule has 4 fully saturated rings. The second-order valence-corrected chi connectivity index (χ2v) is 13.7. The fourth-order valence-corrected chi connectivity index (χ4v) is 8.00. The van der Waals surface area contributed by atoms with Gasteiger partial charge in [0.2, 0.25) is 0 Å².